The molecule has 0 aromatic heterocycles. The van der Waals surface area contributed by atoms with Gasteiger partial charge in [0.1, 0.15) is 0 Å². The van der Waals surface area contributed by atoms with Crippen molar-refractivity contribution in [3.8, 4) is 0 Å². The maximum atomic E-state index is 12.0. The fraction of sp³-hybridized carbons (Fsp3) is 0.462. The van der Waals surface area contributed by atoms with Gasteiger partial charge in [0.25, 0.3) is 0 Å². The van der Waals surface area contributed by atoms with Crippen LogP contribution in [0.4, 0.5) is 0 Å². The Hall–Kier alpha value is -1.15. The van der Waals surface area contributed by atoms with Crippen molar-refractivity contribution >= 4 is 5.78 Å². The first kappa shape index (κ1) is 10.4. The van der Waals surface area contributed by atoms with E-state index in [2.05, 4.69) is 17.4 Å². The molecule has 1 aromatic carbocycles. The minimum Gasteiger partial charge on any atom is -0.303 e. The smallest absolute Gasteiger partial charge is 0.156 e. The molecule has 2 rings (SSSR count). The van der Waals surface area contributed by atoms with Crippen LogP contribution in [-0.4, -0.2) is 12.3 Å². The van der Waals surface area contributed by atoms with Crippen LogP contribution in [0, 0.1) is 5.92 Å². The van der Waals surface area contributed by atoms with Crippen molar-refractivity contribution in [2.24, 2.45) is 5.92 Å². The molecule has 0 fully saturated rings. The highest BCUT2D eigenvalue weighted by molar-refractivity contribution is 5.87. The number of fused-ring (bicyclic) bond motifs is 1. The third-order valence-electron chi connectivity index (χ3n) is 2.96. The molecule has 1 atom stereocenters. The Labute approximate surface area is 90.7 Å². The minimum absolute atomic E-state index is 0.0880. The standard InChI is InChI=1S/C13H17NO/c1-9(2)13(15)12-11-6-4-3-5-10(11)7-8-14-12/h3-6,9,12,14H,7-8H2,1-2H3. The van der Waals surface area contributed by atoms with Gasteiger partial charge in [-0.1, -0.05) is 38.1 Å². The zero-order valence-corrected chi connectivity index (χ0v) is 9.29. The van der Waals surface area contributed by atoms with Crippen molar-refractivity contribution < 1.29 is 4.79 Å². The molecular formula is C13H17NO. The molecule has 0 radical (unpaired) electrons. The van der Waals surface area contributed by atoms with Crippen LogP contribution in [0.3, 0.4) is 0 Å². The van der Waals surface area contributed by atoms with Crippen LogP contribution < -0.4 is 5.32 Å². The van der Waals surface area contributed by atoms with Gasteiger partial charge in [-0.05, 0) is 17.5 Å². The lowest BCUT2D eigenvalue weighted by Crippen LogP contribution is -2.36. The van der Waals surface area contributed by atoms with Gasteiger partial charge >= 0.3 is 0 Å². The summed E-state index contributed by atoms with van der Waals surface area (Å²) in [6.45, 7) is 4.82. The van der Waals surface area contributed by atoms with Crippen LogP contribution in [0.15, 0.2) is 24.3 Å². The van der Waals surface area contributed by atoms with E-state index in [4.69, 9.17) is 0 Å². The van der Waals surface area contributed by atoms with Crippen LogP contribution >= 0.6 is 0 Å². The van der Waals surface area contributed by atoms with E-state index >= 15 is 0 Å². The van der Waals surface area contributed by atoms with E-state index in [9.17, 15) is 4.79 Å². The number of hydrogen-bond acceptors (Lipinski definition) is 2. The molecule has 0 saturated heterocycles. The van der Waals surface area contributed by atoms with Crippen molar-refractivity contribution in [2.45, 2.75) is 26.3 Å². The van der Waals surface area contributed by atoms with Crippen molar-refractivity contribution in [1.29, 1.82) is 0 Å². The first-order valence-electron chi connectivity index (χ1n) is 5.55. The lowest BCUT2D eigenvalue weighted by Gasteiger charge is -2.27. The molecule has 0 bridgehead atoms. The first-order valence-corrected chi connectivity index (χ1v) is 5.55. The Kier molecular flexibility index (Phi) is 2.87. The molecule has 1 aliphatic heterocycles. The third-order valence-corrected chi connectivity index (χ3v) is 2.96. The van der Waals surface area contributed by atoms with E-state index in [0.29, 0.717) is 5.78 Å². The number of hydrogen-bond donors (Lipinski definition) is 1. The van der Waals surface area contributed by atoms with Gasteiger partial charge in [0, 0.05) is 12.5 Å². The zero-order valence-electron chi connectivity index (χ0n) is 9.29. The number of carbonyl (C=O) groups excluding carboxylic acids is 1. The molecule has 0 spiro atoms. The summed E-state index contributed by atoms with van der Waals surface area (Å²) in [5.41, 5.74) is 2.48. The van der Waals surface area contributed by atoms with E-state index in [1.807, 2.05) is 26.0 Å². The maximum absolute atomic E-state index is 12.0. The third kappa shape index (κ3) is 1.95. The summed E-state index contributed by atoms with van der Waals surface area (Å²) >= 11 is 0. The van der Waals surface area contributed by atoms with Crippen LogP contribution in [0.1, 0.15) is 31.0 Å². The number of carbonyl (C=O) groups is 1. The summed E-state index contributed by atoms with van der Waals surface area (Å²) in [5.74, 6) is 0.385. The molecule has 80 valence electrons. The Bertz CT molecular complexity index is 371. The number of nitrogens with one attached hydrogen (secondary N) is 1. The highest BCUT2D eigenvalue weighted by atomic mass is 16.1. The van der Waals surface area contributed by atoms with Gasteiger partial charge in [-0.15, -0.1) is 0 Å². The van der Waals surface area contributed by atoms with E-state index < -0.39 is 0 Å². The molecule has 2 nitrogen and oxygen atoms in total. The Morgan fingerprint density at radius 2 is 2.13 bits per heavy atom. The SMILES string of the molecule is CC(C)C(=O)C1NCCc2ccccc21. The summed E-state index contributed by atoms with van der Waals surface area (Å²) in [6.07, 6.45) is 1.03. The monoisotopic (exact) mass is 203 g/mol. The Morgan fingerprint density at radius 1 is 1.40 bits per heavy atom. The molecule has 1 aromatic rings. The molecule has 0 aliphatic carbocycles. The van der Waals surface area contributed by atoms with Crippen LogP contribution in [0.25, 0.3) is 0 Å². The average molecular weight is 203 g/mol. The number of rotatable bonds is 2. The highest BCUT2D eigenvalue weighted by Crippen LogP contribution is 2.25. The summed E-state index contributed by atoms with van der Waals surface area (Å²) in [5, 5.41) is 3.31. The molecular weight excluding hydrogens is 186 g/mol. The van der Waals surface area contributed by atoms with Gasteiger partial charge < -0.3 is 5.32 Å². The quantitative estimate of drug-likeness (QED) is 0.797. The van der Waals surface area contributed by atoms with Crippen LogP contribution in [0.5, 0.6) is 0 Å². The van der Waals surface area contributed by atoms with Crippen molar-refractivity contribution in [3.63, 3.8) is 0 Å². The van der Waals surface area contributed by atoms with Gasteiger partial charge in [-0.25, -0.2) is 0 Å². The number of Topliss-reactive ketones (excluding diaryl/α,β-unsaturated/α-hetero) is 1. The maximum Gasteiger partial charge on any atom is 0.156 e. The second-order valence-corrected chi connectivity index (χ2v) is 4.39. The summed E-state index contributed by atoms with van der Waals surface area (Å²) in [7, 11) is 0. The van der Waals surface area contributed by atoms with Gasteiger partial charge in [-0.3, -0.25) is 4.79 Å². The van der Waals surface area contributed by atoms with E-state index in [1.54, 1.807) is 0 Å². The summed E-state index contributed by atoms with van der Waals surface area (Å²) < 4.78 is 0. The number of benzene rings is 1. The second kappa shape index (κ2) is 4.15. The highest BCUT2D eigenvalue weighted by Gasteiger charge is 2.26. The molecule has 2 heteroatoms. The fourth-order valence-electron chi connectivity index (χ4n) is 2.09. The zero-order chi connectivity index (χ0) is 10.8. The molecule has 0 saturated carbocycles. The molecule has 1 heterocycles. The van der Waals surface area contributed by atoms with Gasteiger partial charge in [0.05, 0.1) is 6.04 Å². The Morgan fingerprint density at radius 3 is 2.87 bits per heavy atom. The first-order chi connectivity index (χ1) is 7.20. The van der Waals surface area contributed by atoms with E-state index in [1.165, 1.54) is 11.1 Å². The average Bonchev–Trinajstić information content (AvgIpc) is 2.27. The number of ketones is 1. The summed E-state index contributed by atoms with van der Waals surface area (Å²) in [6, 6.07) is 8.14. The normalized spacial score (nSPS) is 20.1. The predicted molar refractivity (Wildman–Crippen MR) is 60.7 cm³/mol. The van der Waals surface area contributed by atoms with Gasteiger partial charge in [0.2, 0.25) is 0 Å². The van der Waals surface area contributed by atoms with Crippen molar-refractivity contribution in [2.75, 3.05) is 6.54 Å². The molecule has 1 N–H and O–H groups in total. The minimum atomic E-state index is -0.0880. The van der Waals surface area contributed by atoms with Crippen molar-refractivity contribution in [3.05, 3.63) is 35.4 Å². The van der Waals surface area contributed by atoms with Gasteiger partial charge in [0.15, 0.2) is 5.78 Å². The Balaban J connectivity index is 2.34. The van der Waals surface area contributed by atoms with E-state index in [-0.39, 0.29) is 12.0 Å². The van der Waals surface area contributed by atoms with Crippen LogP contribution in [-0.2, 0) is 11.2 Å². The predicted octanol–water partition coefficient (Wildman–Crippen LogP) is 2.10. The topological polar surface area (TPSA) is 29.1 Å². The lowest BCUT2D eigenvalue weighted by atomic mass is 9.88. The summed E-state index contributed by atoms with van der Waals surface area (Å²) in [4.78, 5) is 12.0. The fourth-order valence-corrected chi connectivity index (χ4v) is 2.09. The second-order valence-electron chi connectivity index (χ2n) is 4.39. The lowest BCUT2D eigenvalue weighted by molar-refractivity contribution is -0.124. The van der Waals surface area contributed by atoms with Gasteiger partial charge in [-0.2, -0.15) is 0 Å². The molecule has 15 heavy (non-hydrogen) atoms. The molecule has 0 amide bonds. The van der Waals surface area contributed by atoms with Crippen molar-refractivity contribution in [1.82, 2.24) is 5.32 Å². The molecule has 1 aliphatic rings. The largest absolute Gasteiger partial charge is 0.303 e. The van der Waals surface area contributed by atoms with E-state index in [0.717, 1.165) is 13.0 Å². The molecule has 1 unspecified atom stereocenters. The van der Waals surface area contributed by atoms with Crippen LogP contribution in [0.2, 0.25) is 0 Å².